The number of likely N-dealkylation sites (tertiary alicyclic amines) is 1. The highest BCUT2D eigenvalue weighted by Crippen LogP contribution is 2.39. The van der Waals surface area contributed by atoms with Crippen molar-refractivity contribution in [1.29, 1.82) is 0 Å². The minimum absolute atomic E-state index is 0.0761. The van der Waals surface area contributed by atoms with Crippen LogP contribution in [0.4, 0.5) is 13.6 Å². The summed E-state index contributed by atoms with van der Waals surface area (Å²) in [5, 5.41) is 0. The first kappa shape index (κ1) is 21.4. The van der Waals surface area contributed by atoms with E-state index in [0.717, 1.165) is 25.0 Å². The number of rotatable bonds is 5. The Balaban J connectivity index is 1.20. The second-order valence-electron chi connectivity index (χ2n) is 8.91. The lowest BCUT2D eigenvalue weighted by molar-refractivity contribution is 0.0453. The van der Waals surface area contributed by atoms with Gasteiger partial charge in [0.15, 0.2) is 28.6 Å². The average Bonchev–Trinajstić information content (AvgIpc) is 3.38. The number of amides is 1. The summed E-state index contributed by atoms with van der Waals surface area (Å²) in [6.07, 6.45) is 4.22. The fourth-order valence-electron chi connectivity index (χ4n) is 3.90. The molecule has 0 bridgehead atoms. The molecule has 0 atom stereocenters. The Kier molecular flexibility index (Phi) is 5.30. The largest absolute Gasteiger partial charge is 0.487 e. The van der Waals surface area contributed by atoms with Gasteiger partial charge in [0.25, 0.3) is 0 Å². The van der Waals surface area contributed by atoms with Gasteiger partial charge in [-0.2, -0.15) is 0 Å². The molecule has 1 aliphatic carbocycles. The lowest BCUT2D eigenvalue weighted by Crippen LogP contribution is -2.41. The van der Waals surface area contributed by atoms with Gasteiger partial charge in [-0.1, -0.05) is 0 Å². The molecule has 174 valence electrons. The van der Waals surface area contributed by atoms with Crippen molar-refractivity contribution in [2.75, 3.05) is 19.7 Å². The van der Waals surface area contributed by atoms with Crippen LogP contribution in [0.1, 0.15) is 32.6 Å². The number of nitrogens with zero attached hydrogens (tertiary/aromatic N) is 2. The van der Waals surface area contributed by atoms with Gasteiger partial charge in [-0.15, -0.1) is 0 Å². The molecule has 1 N–H and O–H groups in total. The molecule has 8 nitrogen and oxygen atoms in total. The fourth-order valence-corrected chi connectivity index (χ4v) is 3.90. The Labute approximate surface area is 187 Å². The van der Waals surface area contributed by atoms with Crippen molar-refractivity contribution in [2.24, 2.45) is 5.92 Å². The standard InChI is InChI=1S/C23H23F2N3O5/c1-23(4-5-23)33-22(30)28-6-2-13(3-7-28)12-31-19-16(24)8-14(9-17(19)25)15-10-18-20(26-11-15)27-21(29)32-18/h8-11,13H,2-7,12H2,1H3,(H,26,27,29). The van der Waals surface area contributed by atoms with Crippen LogP contribution in [0.5, 0.6) is 5.75 Å². The second-order valence-corrected chi connectivity index (χ2v) is 8.91. The van der Waals surface area contributed by atoms with Crippen LogP contribution in [0.3, 0.4) is 0 Å². The minimum Gasteiger partial charge on any atom is -0.487 e. The number of carbonyl (C=O) groups is 1. The summed E-state index contributed by atoms with van der Waals surface area (Å²) in [4.78, 5) is 31.6. The average molecular weight is 459 g/mol. The molecule has 2 aliphatic rings. The molecule has 10 heteroatoms. The topological polar surface area (TPSA) is 97.7 Å². The van der Waals surface area contributed by atoms with Gasteiger partial charge >= 0.3 is 11.8 Å². The van der Waals surface area contributed by atoms with Crippen molar-refractivity contribution >= 4 is 17.3 Å². The molecule has 33 heavy (non-hydrogen) atoms. The maximum atomic E-state index is 14.7. The van der Waals surface area contributed by atoms with Crippen LogP contribution in [-0.4, -0.2) is 46.3 Å². The zero-order valence-corrected chi connectivity index (χ0v) is 18.0. The van der Waals surface area contributed by atoms with E-state index in [-0.39, 0.29) is 41.0 Å². The number of hydrogen-bond donors (Lipinski definition) is 1. The van der Waals surface area contributed by atoms with Crippen molar-refractivity contribution < 1.29 is 27.5 Å². The SMILES string of the molecule is CC1(OC(=O)N2CCC(COc3c(F)cc(-c4cnc5[nH]c(=O)oc5c4)cc3F)CC2)CC1. The highest BCUT2D eigenvalue weighted by atomic mass is 19.1. The van der Waals surface area contributed by atoms with E-state index in [0.29, 0.717) is 31.5 Å². The Morgan fingerprint density at radius 2 is 1.91 bits per heavy atom. The zero-order chi connectivity index (χ0) is 23.2. The van der Waals surface area contributed by atoms with Crippen molar-refractivity contribution in [3.05, 3.63) is 46.6 Å². The highest BCUT2D eigenvalue weighted by Gasteiger charge is 2.43. The number of nitrogens with one attached hydrogen (secondary N) is 1. The quantitative estimate of drug-likeness (QED) is 0.613. The molecule has 2 fully saturated rings. The maximum Gasteiger partial charge on any atom is 0.418 e. The predicted octanol–water partition coefficient (Wildman–Crippen LogP) is 4.24. The molecule has 3 heterocycles. The first-order valence-corrected chi connectivity index (χ1v) is 10.9. The zero-order valence-electron chi connectivity index (χ0n) is 18.0. The fraction of sp³-hybridized carbons (Fsp3) is 0.435. The number of benzene rings is 1. The summed E-state index contributed by atoms with van der Waals surface area (Å²) in [5.41, 5.74) is 0.779. The van der Waals surface area contributed by atoms with Gasteiger partial charge in [0.2, 0.25) is 0 Å². The molecule has 5 rings (SSSR count). The molecule has 1 aliphatic heterocycles. The number of pyridine rings is 1. The Morgan fingerprint density at radius 1 is 1.21 bits per heavy atom. The summed E-state index contributed by atoms with van der Waals surface area (Å²) in [5.74, 6) is -2.69. The van der Waals surface area contributed by atoms with Crippen molar-refractivity contribution in [3.8, 4) is 16.9 Å². The van der Waals surface area contributed by atoms with Gasteiger partial charge in [0.1, 0.15) is 5.60 Å². The van der Waals surface area contributed by atoms with Gasteiger partial charge in [-0.3, -0.25) is 4.98 Å². The summed E-state index contributed by atoms with van der Waals surface area (Å²) in [6.45, 7) is 3.12. The smallest absolute Gasteiger partial charge is 0.418 e. The van der Waals surface area contributed by atoms with E-state index >= 15 is 0 Å². The van der Waals surface area contributed by atoms with Crippen LogP contribution in [0.2, 0.25) is 0 Å². The van der Waals surface area contributed by atoms with Crippen molar-refractivity contribution in [1.82, 2.24) is 14.9 Å². The number of H-pyrrole nitrogens is 1. The lowest BCUT2D eigenvalue weighted by Gasteiger charge is -2.32. The molecule has 0 radical (unpaired) electrons. The third-order valence-corrected chi connectivity index (χ3v) is 6.23. The monoisotopic (exact) mass is 459 g/mol. The van der Waals surface area contributed by atoms with E-state index in [9.17, 15) is 18.4 Å². The molecule has 2 aromatic heterocycles. The minimum atomic E-state index is -0.834. The van der Waals surface area contributed by atoms with Crippen LogP contribution in [0.25, 0.3) is 22.4 Å². The Morgan fingerprint density at radius 3 is 2.58 bits per heavy atom. The molecule has 3 aromatic rings. The number of fused-ring (bicyclic) bond motifs is 1. The number of aromatic nitrogens is 2. The normalized spacial score (nSPS) is 17.8. The van der Waals surface area contributed by atoms with Crippen LogP contribution >= 0.6 is 0 Å². The van der Waals surface area contributed by atoms with E-state index in [1.165, 1.54) is 12.3 Å². The third kappa shape index (κ3) is 4.55. The number of ether oxygens (including phenoxy) is 2. The van der Waals surface area contributed by atoms with E-state index in [1.807, 2.05) is 6.92 Å². The molecule has 0 unspecified atom stereocenters. The number of halogens is 2. The van der Waals surface area contributed by atoms with E-state index in [4.69, 9.17) is 13.9 Å². The summed E-state index contributed by atoms with van der Waals surface area (Å²) < 4.78 is 45.3. The van der Waals surface area contributed by atoms with Crippen LogP contribution in [0.15, 0.2) is 33.6 Å². The van der Waals surface area contributed by atoms with Gasteiger partial charge in [-0.25, -0.2) is 23.4 Å². The molecular weight excluding hydrogens is 436 g/mol. The molecule has 1 aromatic carbocycles. The van der Waals surface area contributed by atoms with E-state index in [2.05, 4.69) is 9.97 Å². The van der Waals surface area contributed by atoms with Crippen LogP contribution < -0.4 is 10.5 Å². The van der Waals surface area contributed by atoms with Gasteiger partial charge in [0.05, 0.1) is 6.61 Å². The summed E-state index contributed by atoms with van der Waals surface area (Å²) in [7, 11) is 0. The van der Waals surface area contributed by atoms with Gasteiger partial charge in [0, 0.05) is 24.8 Å². The number of piperidine rings is 1. The summed E-state index contributed by atoms with van der Waals surface area (Å²) >= 11 is 0. The molecule has 1 saturated heterocycles. The molecule has 1 amide bonds. The lowest BCUT2D eigenvalue weighted by atomic mass is 9.98. The maximum absolute atomic E-state index is 14.7. The predicted molar refractivity (Wildman–Crippen MR) is 114 cm³/mol. The summed E-state index contributed by atoms with van der Waals surface area (Å²) in [6, 6.07) is 3.80. The van der Waals surface area contributed by atoms with E-state index in [1.54, 1.807) is 4.90 Å². The first-order chi connectivity index (χ1) is 15.8. The molecule has 1 saturated carbocycles. The second kappa shape index (κ2) is 8.17. The number of aromatic amines is 1. The number of hydrogen-bond acceptors (Lipinski definition) is 6. The van der Waals surface area contributed by atoms with E-state index < -0.39 is 23.1 Å². The first-order valence-electron chi connectivity index (χ1n) is 10.9. The highest BCUT2D eigenvalue weighted by molar-refractivity contribution is 5.76. The van der Waals surface area contributed by atoms with Gasteiger partial charge < -0.3 is 18.8 Å². The number of oxazole rings is 1. The number of carbonyl (C=O) groups excluding carboxylic acids is 1. The van der Waals surface area contributed by atoms with Crippen molar-refractivity contribution in [3.63, 3.8) is 0 Å². The third-order valence-electron chi connectivity index (χ3n) is 6.23. The van der Waals surface area contributed by atoms with Crippen LogP contribution in [0, 0.1) is 17.6 Å². The Bertz CT molecular complexity index is 1240. The Hall–Kier alpha value is -3.43. The molecular formula is C23H23F2N3O5. The van der Waals surface area contributed by atoms with Crippen LogP contribution in [-0.2, 0) is 4.74 Å². The van der Waals surface area contributed by atoms with Gasteiger partial charge in [-0.05, 0) is 62.3 Å². The van der Waals surface area contributed by atoms with Crippen molar-refractivity contribution in [2.45, 2.75) is 38.2 Å². The molecule has 0 spiro atoms.